The van der Waals surface area contributed by atoms with E-state index >= 15 is 0 Å². The number of nitriles is 1. The van der Waals surface area contributed by atoms with Crippen molar-refractivity contribution in [1.29, 1.82) is 5.26 Å². The lowest BCUT2D eigenvalue weighted by molar-refractivity contribution is 0.666. The summed E-state index contributed by atoms with van der Waals surface area (Å²) in [6.07, 6.45) is 4.51. The molecule has 1 aromatic heterocycles. The van der Waals surface area contributed by atoms with Gasteiger partial charge in [-0.2, -0.15) is 5.26 Å². The smallest absolute Gasteiger partial charge is 0.146 e. The average Bonchev–Trinajstić information content (AvgIpc) is 2.36. The van der Waals surface area contributed by atoms with Crippen LogP contribution in [0.3, 0.4) is 0 Å². The lowest BCUT2D eigenvalue weighted by atomic mass is 9.95. The SMILES string of the molecule is C=C(C)CN(C)c1nc2c(cc1C#N)CCCC2. The van der Waals surface area contributed by atoms with Gasteiger partial charge in [0, 0.05) is 19.3 Å². The molecule has 3 heteroatoms. The van der Waals surface area contributed by atoms with Crippen molar-refractivity contribution < 1.29 is 0 Å². The van der Waals surface area contributed by atoms with Gasteiger partial charge in [-0.1, -0.05) is 12.2 Å². The van der Waals surface area contributed by atoms with Gasteiger partial charge in [0.1, 0.15) is 11.9 Å². The second-order valence-electron chi connectivity index (χ2n) is 5.10. The molecular formula is C15H19N3. The van der Waals surface area contributed by atoms with Gasteiger partial charge in [0.15, 0.2) is 0 Å². The maximum atomic E-state index is 9.26. The molecule has 0 aliphatic heterocycles. The highest BCUT2D eigenvalue weighted by atomic mass is 15.2. The van der Waals surface area contributed by atoms with Crippen molar-refractivity contribution in [3.8, 4) is 6.07 Å². The van der Waals surface area contributed by atoms with Crippen molar-refractivity contribution in [2.24, 2.45) is 0 Å². The van der Waals surface area contributed by atoms with E-state index in [4.69, 9.17) is 4.98 Å². The van der Waals surface area contributed by atoms with Crippen molar-refractivity contribution in [3.05, 3.63) is 35.0 Å². The van der Waals surface area contributed by atoms with Gasteiger partial charge in [0.2, 0.25) is 0 Å². The van der Waals surface area contributed by atoms with Crippen molar-refractivity contribution in [1.82, 2.24) is 4.98 Å². The Kier molecular flexibility index (Phi) is 3.66. The summed E-state index contributed by atoms with van der Waals surface area (Å²) < 4.78 is 0. The summed E-state index contributed by atoms with van der Waals surface area (Å²) in [5.41, 5.74) is 4.18. The summed E-state index contributed by atoms with van der Waals surface area (Å²) in [4.78, 5) is 6.71. The van der Waals surface area contributed by atoms with Crippen LogP contribution >= 0.6 is 0 Å². The third kappa shape index (κ3) is 2.53. The first kappa shape index (κ1) is 12.6. The molecule has 0 N–H and O–H groups in total. The Bertz CT molecular complexity index is 511. The van der Waals surface area contributed by atoms with E-state index in [1.54, 1.807) is 0 Å². The Morgan fingerprint density at radius 2 is 2.22 bits per heavy atom. The van der Waals surface area contributed by atoms with Crippen LogP contribution in [0.4, 0.5) is 5.82 Å². The number of nitrogens with zero attached hydrogens (tertiary/aromatic N) is 3. The van der Waals surface area contributed by atoms with E-state index in [9.17, 15) is 5.26 Å². The number of pyridine rings is 1. The Morgan fingerprint density at radius 1 is 1.50 bits per heavy atom. The van der Waals surface area contributed by atoms with Crippen molar-refractivity contribution in [2.45, 2.75) is 32.6 Å². The van der Waals surface area contributed by atoms with E-state index in [1.165, 1.54) is 24.1 Å². The summed E-state index contributed by atoms with van der Waals surface area (Å²) in [5, 5.41) is 9.26. The molecule has 0 amide bonds. The molecule has 0 saturated heterocycles. The number of aryl methyl sites for hydroxylation is 2. The van der Waals surface area contributed by atoms with Gasteiger partial charge in [-0.15, -0.1) is 0 Å². The molecule has 1 aliphatic rings. The molecule has 0 bridgehead atoms. The normalized spacial score (nSPS) is 13.6. The topological polar surface area (TPSA) is 39.9 Å². The Balaban J connectivity index is 2.40. The predicted octanol–water partition coefficient (Wildman–Crippen LogP) is 2.84. The molecule has 2 rings (SSSR count). The minimum absolute atomic E-state index is 0.680. The molecule has 0 aromatic carbocycles. The van der Waals surface area contributed by atoms with Gasteiger partial charge < -0.3 is 4.90 Å². The number of hydrogen-bond acceptors (Lipinski definition) is 3. The van der Waals surface area contributed by atoms with E-state index in [0.29, 0.717) is 5.56 Å². The van der Waals surface area contributed by atoms with Crippen LogP contribution in [0.25, 0.3) is 0 Å². The van der Waals surface area contributed by atoms with Crippen LogP contribution in [-0.4, -0.2) is 18.6 Å². The van der Waals surface area contributed by atoms with E-state index in [2.05, 4.69) is 12.6 Å². The summed E-state index contributed by atoms with van der Waals surface area (Å²) >= 11 is 0. The highest BCUT2D eigenvalue weighted by molar-refractivity contribution is 5.56. The summed E-state index contributed by atoms with van der Waals surface area (Å²) in [7, 11) is 1.97. The number of fused-ring (bicyclic) bond motifs is 1. The van der Waals surface area contributed by atoms with E-state index in [0.717, 1.165) is 30.8 Å². The standard InChI is InChI=1S/C15H19N3/c1-11(2)10-18(3)15-13(9-16)8-12-6-4-5-7-14(12)17-15/h8H,1,4-7,10H2,2-3H3. The minimum Gasteiger partial charge on any atom is -0.355 e. The number of likely N-dealkylation sites (N-methyl/N-ethyl adjacent to an activating group) is 1. The largest absolute Gasteiger partial charge is 0.355 e. The lowest BCUT2D eigenvalue weighted by Gasteiger charge is -2.23. The summed E-state index contributed by atoms with van der Waals surface area (Å²) in [5.74, 6) is 0.793. The van der Waals surface area contributed by atoms with Crippen LogP contribution in [0.15, 0.2) is 18.2 Å². The third-order valence-electron chi connectivity index (χ3n) is 3.27. The van der Waals surface area contributed by atoms with E-state index in [1.807, 2.05) is 24.9 Å². The van der Waals surface area contributed by atoms with Crippen LogP contribution in [0.2, 0.25) is 0 Å². The number of anilines is 1. The molecule has 0 unspecified atom stereocenters. The second kappa shape index (κ2) is 5.22. The third-order valence-corrected chi connectivity index (χ3v) is 3.27. The Morgan fingerprint density at radius 3 is 2.89 bits per heavy atom. The molecular weight excluding hydrogens is 222 g/mol. The molecule has 0 saturated carbocycles. The Labute approximate surface area is 109 Å². The fourth-order valence-corrected chi connectivity index (χ4v) is 2.48. The number of hydrogen-bond donors (Lipinski definition) is 0. The molecule has 1 aliphatic carbocycles. The zero-order valence-electron chi connectivity index (χ0n) is 11.2. The monoisotopic (exact) mass is 241 g/mol. The first-order chi connectivity index (χ1) is 8.61. The van der Waals surface area contributed by atoms with E-state index < -0.39 is 0 Å². The first-order valence-corrected chi connectivity index (χ1v) is 6.40. The summed E-state index contributed by atoms with van der Waals surface area (Å²) in [6.45, 7) is 6.63. The highest BCUT2D eigenvalue weighted by Gasteiger charge is 2.17. The van der Waals surface area contributed by atoms with Gasteiger partial charge in [0.25, 0.3) is 0 Å². The fourth-order valence-electron chi connectivity index (χ4n) is 2.48. The predicted molar refractivity (Wildman–Crippen MR) is 73.7 cm³/mol. The first-order valence-electron chi connectivity index (χ1n) is 6.40. The zero-order valence-corrected chi connectivity index (χ0v) is 11.2. The molecule has 1 aromatic rings. The van der Waals surface area contributed by atoms with Gasteiger partial charge >= 0.3 is 0 Å². The van der Waals surface area contributed by atoms with Crippen LogP contribution < -0.4 is 4.90 Å². The Hall–Kier alpha value is -1.82. The maximum Gasteiger partial charge on any atom is 0.146 e. The number of aromatic nitrogens is 1. The molecule has 0 fully saturated rings. The van der Waals surface area contributed by atoms with Gasteiger partial charge in [-0.3, -0.25) is 0 Å². The quantitative estimate of drug-likeness (QED) is 0.764. The molecule has 3 nitrogen and oxygen atoms in total. The van der Waals surface area contributed by atoms with E-state index in [-0.39, 0.29) is 0 Å². The zero-order chi connectivity index (χ0) is 13.1. The van der Waals surface area contributed by atoms with Gasteiger partial charge in [-0.05, 0) is 44.2 Å². The molecule has 1 heterocycles. The molecule has 0 spiro atoms. The van der Waals surface area contributed by atoms with Crippen molar-refractivity contribution >= 4 is 5.82 Å². The number of rotatable bonds is 3. The maximum absolute atomic E-state index is 9.26. The van der Waals surface area contributed by atoms with Crippen LogP contribution in [-0.2, 0) is 12.8 Å². The van der Waals surface area contributed by atoms with Crippen molar-refractivity contribution in [3.63, 3.8) is 0 Å². The average molecular weight is 241 g/mol. The molecule has 18 heavy (non-hydrogen) atoms. The van der Waals surface area contributed by atoms with Crippen LogP contribution in [0, 0.1) is 11.3 Å². The molecule has 0 radical (unpaired) electrons. The minimum atomic E-state index is 0.680. The lowest BCUT2D eigenvalue weighted by Crippen LogP contribution is -2.23. The van der Waals surface area contributed by atoms with Crippen molar-refractivity contribution in [2.75, 3.05) is 18.5 Å². The van der Waals surface area contributed by atoms with Gasteiger partial charge in [-0.25, -0.2) is 4.98 Å². The van der Waals surface area contributed by atoms with Crippen LogP contribution in [0.1, 0.15) is 36.6 Å². The molecule has 94 valence electrons. The van der Waals surface area contributed by atoms with Gasteiger partial charge in [0.05, 0.1) is 5.56 Å². The summed E-state index contributed by atoms with van der Waals surface area (Å²) in [6, 6.07) is 4.29. The second-order valence-corrected chi connectivity index (χ2v) is 5.10. The highest BCUT2D eigenvalue weighted by Crippen LogP contribution is 2.26. The molecule has 0 atom stereocenters. The fraction of sp³-hybridized carbons (Fsp3) is 0.467. The van der Waals surface area contributed by atoms with Crippen LogP contribution in [0.5, 0.6) is 0 Å².